The maximum Gasteiger partial charge on any atom is 0.262 e. The zero-order valence-electron chi connectivity index (χ0n) is 16.8. The van der Waals surface area contributed by atoms with Gasteiger partial charge < -0.3 is 5.32 Å². The minimum absolute atomic E-state index is 0.0195. The summed E-state index contributed by atoms with van der Waals surface area (Å²) in [5.41, 5.74) is -0.372. The molecule has 0 radical (unpaired) electrons. The lowest BCUT2D eigenvalue weighted by atomic mass is 9.81. The van der Waals surface area contributed by atoms with Crippen molar-refractivity contribution in [3.63, 3.8) is 0 Å². The molecular weight excluding hydrogens is 379 g/mol. The first kappa shape index (κ1) is 21.9. The van der Waals surface area contributed by atoms with Crippen LogP contribution in [0.15, 0.2) is 53.4 Å². The van der Waals surface area contributed by atoms with E-state index in [9.17, 15) is 17.6 Å². The number of sulfonamides is 1. The second-order valence-electron chi connectivity index (χ2n) is 8.69. The number of nitrogens with one attached hydrogen (secondary N) is 2. The third-order valence-corrected chi connectivity index (χ3v) is 5.31. The number of carbonyl (C=O) groups is 1. The number of anilines is 1. The lowest BCUT2D eigenvalue weighted by Gasteiger charge is -2.33. The predicted octanol–water partition coefficient (Wildman–Crippen LogP) is 4.57. The van der Waals surface area contributed by atoms with E-state index in [1.54, 1.807) is 6.07 Å². The Bertz CT molecular complexity index is 964. The van der Waals surface area contributed by atoms with Crippen molar-refractivity contribution >= 4 is 21.6 Å². The van der Waals surface area contributed by atoms with Gasteiger partial charge in [-0.2, -0.15) is 0 Å². The van der Waals surface area contributed by atoms with Crippen molar-refractivity contribution in [1.29, 1.82) is 0 Å². The summed E-state index contributed by atoms with van der Waals surface area (Å²) >= 11 is 0. The quantitative estimate of drug-likeness (QED) is 0.738. The van der Waals surface area contributed by atoms with E-state index in [2.05, 4.69) is 30.8 Å². The predicted molar refractivity (Wildman–Crippen MR) is 109 cm³/mol. The zero-order valence-corrected chi connectivity index (χ0v) is 17.7. The summed E-state index contributed by atoms with van der Waals surface area (Å²) in [6.07, 6.45) is 0.749. The van der Waals surface area contributed by atoms with Gasteiger partial charge in [-0.3, -0.25) is 9.52 Å². The molecule has 0 unspecified atom stereocenters. The largest absolute Gasteiger partial charge is 0.347 e. The maximum atomic E-state index is 13.8. The molecule has 2 rings (SSSR count). The first-order valence-corrected chi connectivity index (χ1v) is 10.5. The van der Waals surface area contributed by atoms with E-state index in [1.807, 2.05) is 13.8 Å². The standard InChI is InChI=1S/C21H27FN2O3S/c1-20(2,3)14-21(4,5)23-19(25)15-9-8-10-16(13-15)28(26,27)24-18-12-7-6-11-17(18)22/h6-13,24H,14H2,1-5H3,(H,23,25). The molecule has 0 fully saturated rings. The highest BCUT2D eigenvalue weighted by Crippen LogP contribution is 2.27. The van der Waals surface area contributed by atoms with Crippen molar-refractivity contribution in [3.05, 3.63) is 59.9 Å². The summed E-state index contributed by atoms with van der Waals surface area (Å²) in [6, 6.07) is 11.2. The second kappa shape index (κ2) is 7.91. The molecule has 0 aliphatic heterocycles. The lowest BCUT2D eigenvalue weighted by molar-refractivity contribution is 0.0891. The summed E-state index contributed by atoms with van der Waals surface area (Å²) in [5.74, 6) is -1.04. The van der Waals surface area contributed by atoms with E-state index in [4.69, 9.17) is 0 Å². The Morgan fingerprint density at radius 1 is 1.00 bits per heavy atom. The van der Waals surface area contributed by atoms with Crippen LogP contribution in [0, 0.1) is 11.2 Å². The van der Waals surface area contributed by atoms with Gasteiger partial charge in [-0.25, -0.2) is 12.8 Å². The molecular formula is C21H27FN2O3S. The number of rotatable bonds is 6. The molecule has 1 amide bonds. The van der Waals surface area contributed by atoms with Crippen LogP contribution >= 0.6 is 0 Å². The summed E-state index contributed by atoms with van der Waals surface area (Å²) in [7, 11) is -4.03. The van der Waals surface area contributed by atoms with Gasteiger partial charge in [0.2, 0.25) is 0 Å². The van der Waals surface area contributed by atoms with Crippen LogP contribution in [0.1, 0.15) is 51.4 Å². The van der Waals surface area contributed by atoms with Crippen LogP contribution in [0.5, 0.6) is 0 Å². The Morgan fingerprint density at radius 3 is 2.25 bits per heavy atom. The van der Waals surface area contributed by atoms with E-state index in [-0.39, 0.29) is 27.5 Å². The molecule has 152 valence electrons. The monoisotopic (exact) mass is 406 g/mol. The topological polar surface area (TPSA) is 75.3 Å². The van der Waals surface area contributed by atoms with Crippen molar-refractivity contribution in [2.24, 2.45) is 5.41 Å². The highest BCUT2D eigenvalue weighted by molar-refractivity contribution is 7.92. The smallest absolute Gasteiger partial charge is 0.262 e. The summed E-state index contributed by atoms with van der Waals surface area (Å²) in [6.45, 7) is 10.1. The van der Waals surface area contributed by atoms with Gasteiger partial charge in [0.1, 0.15) is 5.82 Å². The number of benzene rings is 2. The average molecular weight is 407 g/mol. The fourth-order valence-corrected chi connectivity index (χ4v) is 4.41. The highest BCUT2D eigenvalue weighted by Gasteiger charge is 2.28. The van der Waals surface area contributed by atoms with Crippen LogP contribution < -0.4 is 10.0 Å². The molecule has 0 bridgehead atoms. The van der Waals surface area contributed by atoms with Gasteiger partial charge in [-0.1, -0.05) is 39.0 Å². The van der Waals surface area contributed by atoms with Crippen molar-refractivity contribution in [3.8, 4) is 0 Å². The number of amides is 1. The van der Waals surface area contributed by atoms with Crippen molar-refractivity contribution in [2.45, 2.75) is 51.5 Å². The van der Waals surface area contributed by atoms with Crippen LogP contribution in [0.25, 0.3) is 0 Å². The fraction of sp³-hybridized carbons (Fsp3) is 0.381. The SMILES string of the molecule is CC(C)(C)CC(C)(C)NC(=O)c1cccc(S(=O)(=O)Nc2ccccc2F)c1. The molecule has 0 heterocycles. The van der Waals surface area contributed by atoms with Crippen LogP contribution in [0.2, 0.25) is 0 Å². The molecule has 0 aliphatic carbocycles. The first-order valence-electron chi connectivity index (χ1n) is 8.99. The Labute approximate surface area is 166 Å². The van der Waals surface area contributed by atoms with Crippen LogP contribution in [-0.2, 0) is 10.0 Å². The van der Waals surface area contributed by atoms with E-state index in [1.165, 1.54) is 42.5 Å². The Kier molecular flexibility index (Phi) is 6.18. The molecule has 0 saturated heterocycles. The van der Waals surface area contributed by atoms with Crippen molar-refractivity contribution in [2.75, 3.05) is 4.72 Å². The fourth-order valence-electron chi connectivity index (χ4n) is 3.30. The molecule has 0 saturated carbocycles. The van der Waals surface area contributed by atoms with E-state index in [0.717, 1.165) is 6.42 Å². The van der Waals surface area contributed by atoms with E-state index in [0.29, 0.717) is 0 Å². The summed E-state index contributed by atoms with van der Waals surface area (Å²) in [4.78, 5) is 12.5. The van der Waals surface area contributed by atoms with Gasteiger partial charge >= 0.3 is 0 Å². The number of hydrogen-bond donors (Lipinski definition) is 2. The first-order chi connectivity index (χ1) is 12.8. The van der Waals surface area contributed by atoms with E-state index >= 15 is 0 Å². The van der Waals surface area contributed by atoms with Gasteiger partial charge in [0.25, 0.3) is 15.9 Å². The number of hydrogen-bond acceptors (Lipinski definition) is 3. The minimum atomic E-state index is -4.03. The molecule has 2 aromatic carbocycles. The molecule has 28 heavy (non-hydrogen) atoms. The summed E-state index contributed by atoms with van der Waals surface area (Å²) in [5, 5.41) is 2.95. The molecule has 2 N–H and O–H groups in total. The van der Waals surface area contributed by atoms with Gasteiger partial charge in [0.05, 0.1) is 10.6 Å². The highest BCUT2D eigenvalue weighted by atomic mass is 32.2. The lowest BCUT2D eigenvalue weighted by Crippen LogP contribution is -2.45. The van der Waals surface area contributed by atoms with Crippen molar-refractivity contribution < 1.29 is 17.6 Å². The van der Waals surface area contributed by atoms with Gasteiger partial charge in [-0.05, 0) is 56.0 Å². The normalized spacial score (nSPS) is 12.5. The van der Waals surface area contributed by atoms with Gasteiger partial charge in [-0.15, -0.1) is 0 Å². The van der Waals surface area contributed by atoms with Crippen LogP contribution in [-0.4, -0.2) is 19.9 Å². The Hall–Kier alpha value is -2.41. The third-order valence-electron chi connectivity index (χ3n) is 3.95. The van der Waals surface area contributed by atoms with E-state index < -0.39 is 21.4 Å². The minimum Gasteiger partial charge on any atom is -0.347 e. The van der Waals surface area contributed by atoms with Gasteiger partial charge in [0, 0.05) is 11.1 Å². The number of para-hydroxylation sites is 1. The second-order valence-corrected chi connectivity index (χ2v) is 10.4. The molecule has 2 aromatic rings. The molecule has 5 nitrogen and oxygen atoms in total. The average Bonchev–Trinajstić information content (AvgIpc) is 2.54. The summed E-state index contributed by atoms with van der Waals surface area (Å²) < 4.78 is 41.2. The van der Waals surface area contributed by atoms with Crippen LogP contribution in [0.4, 0.5) is 10.1 Å². The Morgan fingerprint density at radius 2 is 1.64 bits per heavy atom. The molecule has 0 aliphatic rings. The van der Waals surface area contributed by atoms with Crippen LogP contribution in [0.3, 0.4) is 0 Å². The third kappa shape index (κ3) is 6.05. The molecule has 0 aromatic heterocycles. The molecule has 0 atom stereocenters. The van der Waals surface area contributed by atoms with Gasteiger partial charge in [0.15, 0.2) is 0 Å². The Balaban J connectivity index is 2.23. The maximum absolute atomic E-state index is 13.8. The number of halogens is 1. The van der Waals surface area contributed by atoms with Crippen molar-refractivity contribution in [1.82, 2.24) is 5.32 Å². The zero-order chi connectivity index (χ0) is 21.2. The molecule has 0 spiro atoms. The number of carbonyl (C=O) groups excluding carboxylic acids is 1. The molecule has 7 heteroatoms.